The number of hydrogen-bond donors (Lipinski definition) is 1. The highest BCUT2D eigenvalue weighted by Crippen LogP contribution is 2.36. The van der Waals surface area contributed by atoms with Gasteiger partial charge in [0.15, 0.2) is 0 Å². The van der Waals surface area contributed by atoms with Crippen molar-refractivity contribution in [2.45, 2.75) is 12.8 Å². The minimum absolute atomic E-state index is 0.367. The smallest absolute Gasteiger partial charge is 0.310 e. The standard InChI is InChI=1S/C11H13ClO4/c1-6(11(13)14)7-4-8(12)10(16-3)5-9(7)15-2/h4-6H,1-3H3,(H,13,14). The molecule has 0 bridgehead atoms. The molecule has 1 N–H and O–H groups in total. The zero-order chi connectivity index (χ0) is 12.3. The maximum Gasteiger partial charge on any atom is 0.310 e. The van der Waals surface area contributed by atoms with Crippen LogP contribution in [-0.4, -0.2) is 25.3 Å². The molecule has 0 aliphatic carbocycles. The quantitative estimate of drug-likeness (QED) is 0.884. The summed E-state index contributed by atoms with van der Waals surface area (Å²) in [7, 11) is 2.96. The van der Waals surface area contributed by atoms with Crippen LogP contribution in [0.4, 0.5) is 0 Å². The van der Waals surface area contributed by atoms with Gasteiger partial charge < -0.3 is 14.6 Å². The molecule has 88 valence electrons. The third-order valence-electron chi connectivity index (χ3n) is 2.34. The van der Waals surface area contributed by atoms with Crippen molar-refractivity contribution in [3.05, 3.63) is 22.7 Å². The number of ether oxygens (including phenoxy) is 2. The lowest BCUT2D eigenvalue weighted by atomic mass is 10.00. The first-order valence-electron chi connectivity index (χ1n) is 4.65. The van der Waals surface area contributed by atoms with E-state index in [0.29, 0.717) is 22.1 Å². The predicted molar refractivity (Wildman–Crippen MR) is 60.6 cm³/mol. The van der Waals surface area contributed by atoms with Crippen LogP contribution >= 0.6 is 11.6 Å². The summed E-state index contributed by atoms with van der Waals surface area (Å²) in [5.41, 5.74) is 0.529. The molecule has 1 rings (SSSR count). The van der Waals surface area contributed by atoms with Crippen LogP contribution in [0, 0.1) is 0 Å². The molecule has 4 nitrogen and oxygen atoms in total. The van der Waals surface area contributed by atoms with Crippen molar-refractivity contribution in [3.8, 4) is 11.5 Å². The van der Waals surface area contributed by atoms with Crippen molar-refractivity contribution in [2.75, 3.05) is 14.2 Å². The molecule has 1 atom stereocenters. The first-order valence-corrected chi connectivity index (χ1v) is 5.03. The molecule has 5 heteroatoms. The summed E-state index contributed by atoms with van der Waals surface area (Å²) in [5, 5.41) is 9.31. The van der Waals surface area contributed by atoms with E-state index in [9.17, 15) is 4.79 Å². The highest BCUT2D eigenvalue weighted by atomic mass is 35.5. The van der Waals surface area contributed by atoms with Crippen molar-refractivity contribution >= 4 is 17.6 Å². The van der Waals surface area contributed by atoms with Gasteiger partial charge in [-0.05, 0) is 13.0 Å². The Morgan fingerprint density at radius 2 is 1.88 bits per heavy atom. The van der Waals surface area contributed by atoms with E-state index in [4.69, 9.17) is 26.2 Å². The van der Waals surface area contributed by atoms with Gasteiger partial charge in [0.05, 0.1) is 25.2 Å². The topological polar surface area (TPSA) is 55.8 Å². The summed E-state index contributed by atoms with van der Waals surface area (Å²) in [4.78, 5) is 10.9. The van der Waals surface area contributed by atoms with E-state index in [0.717, 1.165) is 0 Å². The number of methoxy groups -OCH3 is 2. The van der Waals surface area contributed by atoms with Crippen LogP contribution < -0.4 is 9.47 Å². The lowest BCUT2D eigenvalue weighted by Crippen LogP contribution is -2.09. The fourth-order valence-electron chi connectivity index (χ4n) is 1.35. The Labute approximate surface area is 98.7 Å². The van der Waals surface area contributed by atoms with E-state index in [2.05, 4.69) is 0 Å². The van der Waals surface area contributed by atoms with Gasteiger partial charge in [0.2, 0.25) is 0 Å². The molecule has 16 heavy (non-hydrogen) atoms. The maximum atomic E-state index is 10.9. The van der Waals surface area contributed by atoms with Crippen molar-refractivity contribution in [2.24, 2.45) is 0 Å². The van der Waals surface area contributed by atoms with Crippen LogP contribution in [0.15, 0.2) is 12.1 Å². The summed E-state index contributed by atoms with van der Waals surface area (Å²) in [5.74, 6) is -0.700. The van der Waals surface area contributed by atoms with Gasteiger partial charge in [0.25, 0.3) is 0 Å². The third-order valence-corrected chi connectivity index (χ3v) is 2.64. The molecule has 1 aromatic rings. The molecule has 0 spiro atoms. The highest BCUT2D eigenvalue weighted by Gasteiger charge is 2.20. The molecule has 1 aromatic carbocycles. The van der Waals surface area contributed by atoms with Gasteiger partial charge in [-0.25, -0.2) is 0 Å². The zero-order valence-corrected chi connectivity index (χ0v) is 10.0. The summed E-state index contributed by atoms with van der Waals surface area (Å²) >= 11 is 5.93. The van der Waals surface area contributed by atoms with Gasteiger partial charge in [-0.3, -0.25) is 4.79 Å². The SMILES string of the molecule is COc1cc(OC)c(C(C)C(=O)O)cc1Cl. The molecule has 0 saturated heterocycles. The second kappa shape index (κ2) is 5.07. The van der Waals surface area contributed by atoms with Gasteiger partial charge >= 0.3 is 5.97 Å². The second-order valence-corrected chi connectivity index (χ2v) is 3.70. The van der Waals surface area contributed by atoms with Crippen molar-refractivity contribution in [3.63, 3.8) is 0 Å². The Kier molecular flexibility index (Phi) is 4.01. The molecule has 0 radical (unpaired) electrons. The van der Waals surface area contributed by atoms with Gasteiger partial charge in [0, 0.05) is 11.6 Å². The average molecular weight is 245 g/mol. The van der Waals surface area contributed by atoms with E-state index >= 15 is 0 Å². The van der Waals surface area contributed by atoms with Gasteiger partial charge in [0.1, 0.15) is 11.5 Å². The summed E-state index contributed by atoms with van der Waals surface area (Å²) < 4.78 is 10.1. The van der Waals surface area contributed by atoms with Crippen molar-refractivity contribution in [1.29, 1.82) is 0 Å². The monoisotopic (exact) mass is 244 g/mol. The van der Waals surface area contributed by atoms with E-state index in [1.165, 1.54) is 14.2 Å². The third kappa shape index (κ3) is 2.39. The second-order valence-electron chi connectivity index (χ2n) is 3.29. The largest absolute Gasteiger partial charge is 0.496 e. The number of halogens is 1. The Bertz CT molecular complexity index is 403. The van der Waals surface area contributed by atoms with Crippen LogP contribution in [0.5, 0.6) is 11.5 Å². The van der Waals surface area contributed by atoms with Crippen molar-refractivity contribution in [1.82, 2.24) is 0 Å². The minimum atomic E-state index is -0.931. The minimum Gasteiger partial charge on any atom is -0.496 e. The Hall–Kier alpha value is -1.42. The van der Waals surface area contributed by atoms with Crippen LogP contribution in [0.1, 0.15) is 18.4 Å². The zero-order valence-electron chi connectivity index (χ0n) is 9.28. The summed E-state index contributed by atoms with van der Waals surface area (Å²) in [6, 6.07) is 3.13. The summed E-state index contributed by atoms with van der Waals surface area (Å²) in [6.45, 7) is 1.57. The van der Waals surface area contributed by atoms with Crippen LogP contribution in [0.3, 0.4) is 0 Å². The molecule has 0 aromatic heterocycles. The number of carboxylic acid groups (broad SMARTS) is 1. The van der Waals surface area contributed by atoms with E-state index in [1.54, 1.807) is 19.1 Å². The van der Waals surface area contributed by atoms with Gasteiger partial charge in [-0.15, -0.1) is 0 Å². The fourth-order valence-corrected chi connectivity index (χ4v) is 1.60. The Morgan fingerprint density at radius 1 is 1.31 bits per heavy atom. The number of benzene rings is 1. The molecular formula is C11H13ClO4. The molecular weight excluding hydrogens is 232 g/mol. The molecule has 0 fully saturated rings. The van der Waals surface area contributed by atoms with E-state index in [-0.39, 0.29) is 0 Å². The first-order chi connectivity index (χ1) is 7.51. The molecule has 1 unspecified atom stereocenters. The average Bonchev–Trinajstić information content (AvgIpc) is 2.27. The van der Waals surface area contributed by atoms with E-state index in [1.807, 2.05) is 0 Å². The predicted octanol–water partition coefficient (Wildman–Crippen LogP) is 2.55. The molecule has 0 heterocycles. The molecule has 0 saturated carbocycles. The molecule has 0 aliphatic heterocycles. The Balaban J connectivity index is 3.28. The fraction of sp³-hybridized carbons (Fsp3) is 0.364. The van der Waals surface area contributed by atoms with Crippen LogP contribution in [0.25, 0.3) is 0 Å². The van der Waals surface area contributed by atoms with E-state index < -0.39 is 11.9 Å². The van der Waals surface area contributed by atoms with Crippen molar-refractivity contribution < 1.29 is 19.4 Å². The lowest BCUT2D eigenvalue weighted by Gasteiger charge is -2.14. The number of hydrogen-bond acceptors (Lipinski definition) is 3. The number of rotatable bonds is 4. The molecule has 0 amide bonds. The highest BCUT2D eigenvalue weighted by molar-refractivity contribution is 6.32. The summed E-state index contributed by atoms with van der Waals surface area (Å²) in [6.07, 6.45) is 0. The van der Waals surface area contributed by atoms with Crippen LogP contribution in [-0.2, 0) is 4.79 Å². The number of carboxylic acids is 1. The first kappa shape index (κ1) is 12.6. The lowest BCUT2D eigenvalue weighted by molar-refractivity contribution is -0.138. The van der Waals surface area contributed by atoms with Gasteiger partial charge in [-0.1, -0.05) is 11.6 Å². The van der Waals surface area contributed by atoms with Gasteiger partial charge in [-0.2, -0.15) is 0 Å². The molecule has 0 aliphatic rings. The maximum absolute atomic E-state index is 10.9. The Morgan fingerprint density at radius 3 is 2.31 bits per heavy atom. The number of aliphatic carboxylic acids is 1. The number of carbonyl (C=O) groups is 1. The normalized spacial score (nSPS) is 12.0. The van der Waals surface area contributed by atoms with Crippen LogP contribution in [0.2, 0.25) is 5.02 Å².